The lowest BCUT2D eigenvalue weighted by molar-refractivity contribution is -0.115. The molecular weight excluding hydrogens is 419 g/mol. The maximum Gasteiger partial charge on any atom is 0.253 e. The molecule has 0 bridgehead atoms. The van der Waals surface area contributed by atoms with Gasteiger partial charge in [0.2, 0.25) is 5.91 Å². The van der Waals surface area contributed by atoms with E-state index in [1.54, 1.807) is 6.07 Å². The molecule has 6 nitrogen and oxygen atoms in total. The van der Waals surface area contributed by atoms with Gasteiger partial charge in [-0.2, -0.15) is 0 Å². The van der Waals surface area contributed by atoms with Crippen molar-refractivity contribution in [3.05, 3.63) is 44.9 Å². The van der Waals surface area contributed by atoms with Gasteiger partial charge in [-0.15, -0.1) is 11.3 Å². The highest BCUT2D eigenvalue weighted by molar-refractivity contribution is 7.13. The van der Waals surface area contributed by atoms with Gasteiger partial charge in [-0.05, 0) is 43.5 Å². The van der Waals surface area contributed by atoms with E-state index in [2.05, 4.69) is 27.4 Å². The third kappa shape index (κ3) is 5.91. The minimum Gasteiger partial charge on any atom is -0.343 e. The zero-order valence-electron chi connectivity index (χ0n) is 15.5. The van der Waals surface area contributed by atoms with E-state index in [0.29, 0.717) is 16.1 Å². The average Bonchev–Trinajstić information content (AvgIpc) is 3.06. The Morgan fingerprint density at radius 1 is 1.36 bits per heavy atom. The Labute approximate surface area is 178 Å². The maximum atomic E-state index is 12.1. The van der Waals surface area contributed by atoms with Gasteiger partial charge in [0, 0.05) is 23.5 Å². The summed E-state index contributed by atoms with van der Waals surface area (Å²) in [5.74, 6) is -0.0638. The summed E-state index contributed by atoms with van der Waals surface area (Å²) < 4.78 is 0. The number of benzene rings is 1. The number of aromatic nitrogens is 1. The van der Waals surface area contributed by atoms with Crippen LogP contribution in [0.5, 0.6) is 0 Å². The van der Waals surface area contributed by atoms with E-state index in [0.717, 1.165) is 25.3 Å². The summed E-state index contributed by atoms with van der Waals surface area (Å²) in [5.41, 5.74) is 1.22. The SMILES string of the molecule is C[C@H]1CCCN(Cc2csc(NC(=O)CNC(=O)c3ccc(Cl)cc3Cl)n2)C1. The predicted octanol–water partition coefficient (Wildman–Crippen LogP) is 4.05. The summed E-state index contributed by atoms with van der Waals surface area (Å²) in [6, 6.07) is 4.58. The molecule has 150 valence electrons. The van der Waals surface area contributed by atoms with Crippen LogP contribution in [0.4, 0.5) is 5.13 Å². The number of hydrogen-bond donors (Lipinski definition) is 2. The van der Waals surface area contributed by atoms with Crippen molar-refractivity contribution in [2.45, 2.75) is 26.3 Å². The standard InChI is InChI=1S/C19H22Cl2N4O2S/c1-12-3-2-6-25(9-12)10-14-11-28-19(23-14)24-17(26)8-22-18(27)15-5-4-13(20)7-16(15)21/h4-5,7,11-12H,2-3,6,8-10H2,1H3,(H,22,27)(H,23,24,26)/t12-/m0/s1. The normalized spacial score (nSPS) is 17.3. The second-order valence-electron chi connectivity index (χ2n) is 6.98. The first-order chi connectivity index (χ1) is 13.4. The number of halogens is 2. The third-order valence-corrected chi connectivity index (χ3v) is 5.86. The molecule has 0 aliphatic carbocycles. The molecule has 1 atom stereocenters. The molecule has 2 aromatic rings. The van der Waals surface area contributed by atoms with E-state index in [1.807, 2.05) is 5.38 Å². The van der Waals surface area contributed by atoms with Gasteiger partial charge in [-0.25, -0.2) is 4.98 Å². The Kier molecular flexibility index (Phi) is 7.29. The zero-order valence-corrected chi connectivity index (χ0v) is 17.8. The van der Waals surface area contributed by atoms with Gasteiger partial charge in [-0.1, -0.05) is 30.1 Å². The van der Waals surface area contributed by atoms with Crippen LogP contribution in [0.2, 0.25) is 10.0 Å². The minimum atomic E-state index is -0.434. The van der Waals surface area contributed by atoms with Gasteiger partial charge in [-0.3, -0.25) is 14.5 Å². The predicted molar refractivity (Wildman–Crippen MR) is 113 cm³/mol. The highest BCUT2D eigenvalue weighted by atomic mass is 35.5. The van der Waals surface area contributed by atoms with E-state index in [4.69, 9.17) is 23.2 Å². The number of nitrogens with zero attached hydrogens (tertiary/aromatic N) is 2. The molecule has 0 spiro atoms. The lowest BCUT2D eigenvalue weighted by Gasteiger charge is -2.30. The molecule has 1 aliphatic heterocycles. The first kappa shape index (κ1) is 21.0. The number of nitrogens with one attached hydrogen (secondary N) is 2. The smallest absolute Gasteiger partial charge is 0.253 e. The van der Waals surface area contributed by atoms with Crippen LogP contribution in [-0.2, 0) is 11.3 Å². The Hall–Kier alpha value is -1.67. The second kappa shape index (κ2) is 9.69. The molecule has 1 aliphatic rings. The lowest BCUT2D eigenvalue weighted by Crippen LogP contribution is -2.34. The third-order valence-electron chi connectivity index (χ3n) is 4.51. The molecule has 1 saturated heterocycles. The molecule has 1 aromatic carbocycles. The van der Waals surface area contributed by atoms with Crippen molar-refractivity contribution < 1.29 is 9.59 Å². The number of thiazole rings is 1. The molecule has 0 radical (unpaired) electrons. The molecule has 28 heavy (non-hydrogen) atoms. The molecule has 1 fully saturated rings. The number of hydrogen-bond acceptors (Lipinski definition) is 5. The number of rotatable bonds is 6. The molecular formula is C19H22Cl2N4O2S. The van der Waals surface area contributed by atoms with Crippen LogP contribution in [0.25, 0.3) is 0 Å². The van der Waals surface area contributed by atoms with Gasteiger partial charge >= 0.3 is 0 Å². The fourth-order valence-corrected chi connectivity index (χ4v) is 4.40. The minimum absolute atomic E-state index is 0.170. The summed E-state index contributed by atoms with van der Waals surface area (Å²) in [4.78, 5) is 31.1. The molecule has 0 saturated carbocycles. The van der Waals surface area contributed by atoms with Crippen LogP contribution in [0.3, 0.4) is 0 Å². The molecule has 0 unspecified atom stereocenters. The van der Waals surface area contributed by atoms with Crippen LogP contribution < -0.4 is 10.6 Å². The molecule has 1 aromatic heterocycles. The van der Waals surface area contributed by atoms with Crippen molar-refractivity contribution in [2.75, 3.05) is 25.0 Å². The number of carbonyl (C=O) groups is 2. The largest absolute Gasteiger partial charge is 0.343 e. The second-order valence-corrected chi connectivity index (χ2v) is 8.68. The first-order valence-corrected chi connectivity index (χ1v) is 10.7. The molecule has 2 amide bonds. The van der Waals surface area contributed by atoms with Crippen LogP contribution in [0.15, 0.2) is 23.6 Å². The monoisotopic (exact) mass is 440 g/mol. The summed E-state index contributed by atoms with van der Waals surface area (Å²) in [6.07, 6.45) is 2.49. The van der Waals surface area contributed by atoms with E-state index < -0.39 is 5.91 Å². The van der Waals surface area contributed by atoms with Crippen molar-refractivity contribution >= 4 is 51.5 Å². The Morgan fingerprint density at radius 2 is 2.18 bits per heavy atom. The fourth-order valence-electron chi connectivity index (χ4n) is 3.19. The van der Waals surface area contributed by atoms with Gasteiger partial charge in [0.15, 0.2) is 5.13 Å². The van der Waals surface area contributed by atoms with Crippen molar-refractivity contribution in [2.24, 2.45) is 5.92 Å². The van der Waals surface area contributed by atoms with Crippen LogP contribution in [0.1, 0.15) is 35.8 Å². The maximum absolute atomic E-state index is 12.1. The Bertz CT molecular complexity index is 858. The fraction of sp³-hybridized carbons (Fsp3) is 0.421. The van der Waals surface area contributed by atoms with Crippen molar-refractivity contribution in [3.8, 4) is 0 Å². The van der Waals surface area contributed by atoms with Crippen LogP contribution >= 0.6 is 34.5 Å². The average molecular weight is 441 g/mol. The number of likely N-dealkylation sites (tertiary alicyclic amines) is 1. The van der Waals surface area contributed by atoms with Crippen LogP contribution in [-0.4, -0.2) is 41.3 Å². The number of amides is 2. The topological polar surface area (TPSA) is 74.3 Å². The molecule has 3 rings (SSSR count). The van der Waals surface area contributed by atoms with Crippen molar-refractivity contribution in [1.82, 2.24) is 15.2 Å². The van der Waals surface area contributed by atoms with Crippen LogP contribution in [0, 0.1) is 5.92 Å². The van der Waals surface area contributed by atoms with Gasteiger partial charge in [0.1, 0.15) is 0 Å². The summed E-state index contributed by atoms with van der Waals surface area (Å²) in [6.45, 7) is 5.06. The number of anilines is 1. The van der Waals surface area contributed by atoms with E-state index in [1.165, 1.54) is 36.3 Å². The Balaban J connectivity index is 1.47. The van der Waals surface area contributed by atoms with E-state index in [9.17, 15) is 9.59 Å². The number of piperidine rings is 1. The quantitative estimate of drug-likeness (QED) is 0.710. The summed E-state index contributed by atoms with van der Waals surface area (Å²) >= 11 is 13.2. The molecule has 9 heteroatoms. The highest BCUT2D eigenvalue weighted by Crippen LogP contribution is 2.22. The summed E-state index contributed by atoms with van der Waals surface area (Å²) in [5, 5.41) is 8.44. The Morgan fingerprint density at radius 3 is 2.93 bits per heavy atom. The summed E-state index contributed by atoms with van der Waals surface area (Å²) in [7, 11) is 0. The number of carbonyl (C=O) groups excluding carboxylic acids is 2. The molecule has 2 heterocycles. The van der Waals surface area contributed by atoms with Gasteiger partial charge in [0.25, 0.3) is 5.91 Å². The molecule has 2 N–H and O–H groups in total. The van der Waals surface area contributed by atoms with Crippen molar-refractivity contribution in [1.29, 1.82) is 0 Å². The lowest BCUT2D eigenvalue weighted by atomic mass is 10.0. The van der Waals surface area contributed by atoms with E-state index in [-0.39, 0.29) is 23.0 Å². The first-order valence-electron chi connectivity index (χ1n) is 9.10. The van der Waals surface area contributed by atoms with Gasteiger partial charge < -0.3 is 10.6 Å². The highest BCUT2D eigenvalue weighted by Gasteiger charge is 2.18. The van der Waals surface area contributed by atoms with E-state index >= 15 is 0 Å². The van der Waals surface area contributed by atoms with Gasteiger partial charge in [0.05, 0.1) is 22.8 Å². The van der Waals surface area contributed by atoms with Crippen molar-refractivity contribution in [3.63, 3.8) is 0 Å². The zero-order chi connectivity index (χ0) is 20.1.